The number of carbonyl (C=O) groups excluding carboxylic acids is 1. The molecule has 1 atom stereocenters. The number of halogens is 2. The first-order chi connectivity index (χ1) is 8.08. The Balaban J connectivity index is 2.18. The van der Waals surface area contributed by atoms with E-state index in [9.17, 15) is 4.79 Å². The fraction of sp³-hybridized carbons (Fsp3) is 0.500. The minimum absolute atomic E-state index is 0.0275. The van der Waals surface area contributed by atoms with Crippen molar-refractivity contribution >= 4 is 29.1 Å². The predicted molar refractivity (Wildman–Crippen MR) is 63.4 cm³/mol. The first-order valence-corrected chi connectivity index (χ1v) is 5.92. The van der Waals surface area contributed by atoms with E-state index in [0.29, 0.717) is 19.7 Å². The van der Waals surface area contributed by atoms with E-state index in [2.05, 4.69) is 9.97 Å². The molecule has 92 valence electrons. The smallest absolute Gasteiger partial charge is 0.258 e. The van der Waals surface area contributed by atoms with Gasteiger partial charge in [0.1, 0.15) is 5.15 Å². The molecule has 1 fully saturated rings. The van der Waals surface area contributed by atoms with Crippen LogP contribution in [0.1, 0.15) is 17.3 Å². The number of hydrogen-bond acceptors (Lipinski definition) is 4. The van der Waals surface area contributed by atoms with Gasteiger partial charge >= 0.3 is 0 Å². The number of rotatable bonds is 1. The highest BCUT2D eigenvalue weighted by Crippen LogP contribution is 2.17. The third-order valence-corrected chi connectivity index (χ3v) is 2.94. The van der Waals surface area contributed by atoms with E-state index in [4.69, 9.17) is 27.9 Å². The van der Waals surface area contributed by atoms with Gasteiger partial charge in [0.15, 0.2) is 0 Å². The molecule has 2 heterocycles. The Morgan fingerprint density at radius 3 is 3.00 bits per heavy atom. The number of aromatic nitrogens is 2. The Kier molecular flexibility index (Phi) is 3.81. The molecule has 17 heavy (non-hydrogen) atoms. The van der Waals surface area contributed by atoms with Crippen LogP contribution < -0.4 is 0 Å². The van der Waals surface area contributed by atoms with Crippen molar-refractivity contribution in [1.82, 2.24) is 14.9 Å². The van der Waals surface area contributed by atoms with Crippen molar-refractivity contribution in [1.29, 1.82) is 0 Å². The molecular formula is C10H11Cl2N3O2. The zero-order valence-electron chi connectivity index (χ0n) is 9.19. The summed E-state index contributed by atoms with van der Waals surface area (Å²) in [5.74, 6) is -0.193. The van der Waals surface area contributed by atoms with Crippen molar-refractivity contribution < 1.29 is 9.53 Å². The Morgan fingerprint density at radius 2 is 2.35 bits per heavy atom. The second kappa shape index (κ2) is 5.16. The van der Waals surface area contributed by atoms with Crippen LogP contribution >= 0.6 is 23.2 Å². The van der Waals surface area contributed by atoms with Crippen molar-refractivity contribution in [3.8, 4) is 0 Å². The summed E-state index contributed by atoms with van der Waals surface area (Å²) < 4.78 is 5.36. The van der Waals surface area contributed by atoms with Gasteiger partial charge in [0.25, 0.3) is 5.91 Å². The topological polar surface area (TPSA) is 55.3 Å². The van der Waals surface area contributed by atoms with Crippen LogP contribution in [0.15, 0.2) is 6.20 Å². The zero-order valence-corrected chi connectivity index (χ0v) is 10.7. The Bertz CT molecular complexity index is 442. The molecule has 0 N–H and O–H groups in total. The number of morpholine rings is 1. The van der Waals surface area contributed by atoms with Gasteiger partial charge in [-0.05, 0) is 18.5 Å². The molecular weight excluding hydrogens is 265 g/mol. The van der Waals surface area contributed by atoms with Crippen molar-refractivity contribution in [3.05, 3.63) is 22.2 Å². The standard InChI is InChI=1S/C10H11Cl2N3O2/c1-6-5-15(2-3-17-6)9(16)7-4-13-10(12)14-8(7)11/h4,6H,2-3,5H2,1H3/t6-/m0/s1. The fourth-order valence-electron chi connectivity index (χ4n) is 1.66. The average Bonchev–Trinajstić information content (AvgIpc) is 2.28. The van der Waals surface area contributed by atoms with E-state index in [1.165, 1.54) is 6.20 Å². The van der Waals surface area contributed by atoms with Gasteiger partial charge in [-0.3, -0.25) is 4.79 Å². The molecule has 0 radical (unpaired) electrons. The summed E-state index contributed by atoms with van der Waals surface area (Å²) in [6.45, 7) is 3.53. The van der Waals surface area contributed by atoms with E-state index in [1.807, 2.05) is 6.92 Å². The molecule has 7 heteroatoms. The van der Waals surface area contributed by atoms with Crippen LogP contribution in [0.5, 0.6) is 0 Å². The van der Waals surface area contributed by atoms with Crippen LogP contribution in [0.3, 0.4) is 0 Å². The first kappa shape index (κ1) is 12.5. The second-order valence-electron chi connectivity index (χ2n) is 3.78. The molecule has 1 aromatic rings. The predicted octanol–water partition coefficient (Wildman–Crippen LogP) is 1.64. The maximum absolute atomic E-state index is 12.1. The third kappa shape index (κ3) is 2.86. The van der Waals surface area contributed by atoms with Gasteiger partial charge in [0.05, 0.1) is 18.3 Å². The molecule has 0 unspecified atom stereocenters. The van der Waals surface area contributed by atoms with Crippen molar-refractivity contribution in [2.75, 3.05) is 19.7 Å². The lowest BCUT2D eigenvalue weighted by Crippen LogP contribution is -2.44. The highest BCUT2D eigenvalue weighted by atomic mass is 35.5. The van der Waals surface area contributed by atoms with Gasteiger partial charge in [0.2, 0.25) is 5.28 Å². The van der Waals surface area contributed by atoms with Crippen LogP contribution in [0.2, 0.25) is 10.4 Å². The van der Waals surface area contributed by atoms with E-state index in [1.54, 1.807) is 4.90 Å². The normalized spacial score (nSPS) is 20.4. The maximum atomic E-state index is 12.1. The molecule has 1 aliphatic heterocycles. The SMILES string of the molecule is C[C@H]1CN(C(=O)c2cnc(Cl)nc2Cl)CCO1. The van der Waals surface area contributed by atoms with Crippen LogP contribution in [0, 0.1) is 0 Å². The highest BCUT2D eigenvalue weighted by molar-refractivity contribution is 6.34. The van der Waals surface area contributed by atoms with Gasteiger partial charge in [0, 0.05) is 19.3 Å². The fourth-order valence-corrected chi connectivity index (χ4v) is 2.04. The number of hydrogen-bond donors (Lipinski definition) is 0. The third-order valence-electron chi connectivity index (χ3n) is 2.47. The summed E-state index contributed by atoms with van der Waals surface area (Å²) in [4.78, 5) is 21.3. The molecule has 2 rings (SSSR count). The molecule has 1 saturated heterocycles. The molecule has 5 nitrogen and oxygen atoms in total. The first-order valence-electron chi connectivity index (χ1n) is 5.17. The minimum atomic E-state index is -0.193. The van der Waals surface area contributed by atoms with Gasteiger partial charge in [-0.2, -0.15) is 0 Å². The summed E-state index contributed by atoms with van der Waals surface area (Å²) in [5.41, 5.74) is 0.269. The highest BCUT2D eigenvalue weighted by Gasteiger charge is 2.24. The molecule has 0 aromatic carbocycles. The van der Waals surface area contributed by atoms with Crippen molar-refractivity contribution in [3.63, 3.8) is 0 Å². The Labute approximate surface area is 109 Å². The Morgan fingerprint density at radius 1 is 1.59 bits per heavy atom. The number of carbonyl (C=O) groups is 1. The lowest BCUT2D eigenvalue weighted by atomic mass is 10.2. The molecule has 0 saturated carbocycles. The van der Waals surface area contributed by atoms with Crippen LogP contribution in [0.4, 0.5) is 0 Å². The summed E-state index contributed by atoms with van der Waals surface area (Å²) in [6.07, 6.45) is 1.37. The van der Waals surface area contributed by atoms with Gasteiger partial charge < -0.3 is 9.64 Å². The molecule has 1 aromatic heterocycles. The van der Waals surface area contributed by atoms with Gasteiger partial charge in [-0.25, -0.2) is 9.97 Å². The average molecular weight is 276 g/mol. The molecule has 0 spiro atoms. The van der Waals surface area contributed by atoms with Crippen LogP contribution in [0.25, 0.3) is 0 Å². The molecule has 1 aliphatic rings. The van der Waals surface area contributed by atoms with Gasteiger partial charge in [-0.1, -0.05) is 11.6 Å². The quantitative estimate of drug-likeness (QED) is 0.578. The summed E-state index contributed by atoms with van der Waals surface area (Å²) in [5, 5.41) is 0.107. The summed E-state index contributed by atoms with van der Waals surface area (Å²) >= 11 is 11.4. The van der Waals surface area contributed by atoms with Crippen molar-refractivity contribution in [2.24, 2.45) is 0 Å². The molecule has 0 bridgehead atoms. The van der Waals surface area contributed by atoms with Crippen molar-refractivity contribution in [2.45, 2.75) is 13.0 Å². The number of ether oxygens (including phenoxy) is 1. The number of amides is 1. The largest absolute Gasteiger partial charge is 0.375 e. The lowest BCUT2D eigenvalue weighted by Gasteiger charge is -2.31. The van der Waals surface area contributed by atoms with Crippen LogP contribution in [-0.2, 0) is 4.74 Å². The molecule has 1 amide bonds. The van der Waals surface area contributed by atoms with E-state index in [-0.39, 0.29) is 28.0 Å². The summed E-state index contributed by atoms with van der Waals surface area (Å²) in [7, 11) is 0. The van der Waals surface area contributed by atoms with Gasteiger partial charge in [-0.15, -0.1) is 0 Å². The minimum Gasteiger partial charge on any atom is -0.375 e. The van der Waals surface area contributed by atoms with E-state index in [0.717, 1.165) is 0 Å². The maximum Gasteiger partial charge on any atom is 0.258 e. The lowest BCUT2D eigenvalue weighted by molar-refractivity contribution is -0.0124. The van der Waals surface area contributed by atoms with Crippen LogP contribution in [-0.4, -0.2) is 46.6 Å². The molecule has 0 aliphatic carbocycles. The summed E-state index contributed by atoms with van der Waals surface area (Å²) in [6, 6.07) is 0. The van der Waals surface area contributed by atoms with E-state index < -0.39 is 0 Å². The number of nitrogens with zero attached hydrogens (tertiary/aromatic N) is 3. The Hall–Kier alpha value is -0.910. The zero-order chi connectivity index (χ0) is 12.4. The van der Waals surface area contributed by atoms with E-state index >= 15 is 0 Å². The second-order valence-corrected chi connectivity index (χ2v) is 4.47. The monoisotopic (exact) mass is 275 g/mol.